The number of carbonyl (C=O) groups excluding carboxylic acids is 1. The summed E-state index contributed by atoms with van der Waals surface area (Å²) in [5.74, 6) is 0.708. The van der Waals surface area contributed by atoms with Gasteiger partial charge in [-0.1, -0.05) is 0 Å². The summed E-state index contributed by atoms with van der Waals surface area (Å²) in [5, 5.41) is 9.64. The van der Waals surface area contributed by atoms with Crippen LogP contribution in [0.2, 0.25) is 0 Å². The minimum Gasteiger partial charge on any atom is -0.336 e. The summed E-state index contributed by atoms with van der Waals surface area (Å²) in [6.07, 6.45) is 4.30. The third-order valence-corrected chi connectivity index (χ3v) is 6.16. The monoisotopic (exact) mass is 404 g/mol. The van der Waals surface area contributed by atoms with Crippen molar-refractivity contribution in [2.24, 2.45) is 5.14 Å². The van der Waals surface area contributed by atoms with E-state index < -0.39 is 10.0 Å². The van der Waals surface area contributed by atoms with Crippen molar-refractivity contribution in [3.8, 4) is 5.69 Å². The van der Waals surface area contributed by atoms with Gasteiger partial charge in [-0.2, -0.15) is 0 Å². The second-order valence-corrected chi connectivity index (χ2v) is 8.85. The summed E-state index contributed by atoms with van der Waals surface area (Å²) < 4.78 is 24.6. The Morgan fingerprint density at radius 2 is 1.61 bits per heavy atom. The molecule has 0 bridgehead atoms. The molecule has 1 amide bonds. The number of hydrogen-bond donors (Lipinski definition) is 1. The fraction of sp³-hybridized carbons (Fsp3) is 0.500. The van der Waals surface area contributed by atoms with E-state index in [9.17, 15) is 13.2 Å². The van der Waals surface area contributed by atoms with Gasteiger partial charge in [0, 0.05) is 13.1 Å². The van der Waals surface area contributed by atoms with Crippen LogP contribution < -0.4 is 5.14 Å². The Kier molecular flexibility index (Phi) is 5.17. The number of primary sulfonamides is 1. The van der Waals surface area contributed by atoms with Crippen LogP contribution in [0.4, 0.5) is 0 Å². The van der Waals surface area contributed by atoms with E-state index in [0.29, 0.717) is 18.1 Å². The average Bonchev–Trinajstić information content (AvgIpc) is 3.43. The topological polar surface area (TPSA) is 114 Å². The van der Waals surface area contributed by atoms with Gasteiger partial charge in [-0.15, -0.1) is 5.10 Å². The highest BCUT2D eigenvalue weighted by molar-refractivity contribution is 7.89. The molecule has 2 aliphatic rings. The number of carbonyl (C=O) groups is 1. The number of benzene rings is 1. The number of aromatic nitrogens is 3. The lowest BCUT2D eigenvalue weighted by Crippen LogP contribution is -2.28. The van der Waals surface area contributed by atoms with Gasteiger partial charge in [-0.25, -0.2) is 23.2 Å². The third kappa shape index (κ3) is 3.94. The third-order valence-electron chi connectivity index (χ3n) is 5.23. The first-order chi connectivity index (χ1) is 13.4. The van der Waals surface area contributed by atoms with Gasteiger partial charge >= 0.3 is 0 Å². The van der Waals surface area contributed by atoms with Crippen LogP contribution in [-0.2, 0) is 16.6 Å². The van der Waals surface area contributed by atoms with Gasteiger partial charge in [-0.05, 0) is 63.0 Å². The van der Waals surface area contributed by atoms with E-state index in [2.05, 4.69) is 15.0 Å². The van der Waals surface area contributed by atoms with Crippen LogP contribution in [0.25, 0.3) is 5.69 Å². The van der Waals surface area contributed by atoms with Crippen molar-refractivity contribution >= 4 is 15.9 Å². The van der Waals surface area contributed by atoms with E-state index >= 15 is 0 Å². The highest BCUT2D eigenvalue weighted by Gasteiger charge is 2.26. The molecule has 0 radical (unpaired) electrons. The molecule has 9 nitrogen and oxygen atoms in total. The summed E-state index contributed by atoms with van der Waals surface area (Å²) in [7, 11) is -3.76. The van der Waals surface area contributed by atoms with Gasteiger partial charge in [0.25, 0.3) is 5.91 Å². The number of nitrogens with zero attached hydrogens (tertiary/aromatic N) is 5. The molecule has 4 rings (SSSR count). The van der Waals surface area contributed by atoms with E-state index in [-0.39, 0.29) is 16.6 Å². The molecular weight excluding hydrogens is 380 g/mol. The maximum atomic E-state index is 12.7. The lowest BCUT2D eigenvalue weighted by atomic mass is 10.3. The van der Waals surface area contributed by atoms with Crippen LogP contribution in [0.1, 0.15) is 42.1 Å². The van der Waals surface area contributed by atoms with Crippen LogP contribution in [0, 0.1) is 0 Å². The standard InChI is InChI=1S/C18H24N6O3S/c19-28(26,27)15-7-5-14(6-8-15)24-16(13-22-9-1-2-10-22)20-17(21-24)18(25)23-11-3-4-12-23/h5-8H,1-4,9-13H2,(H2,19,26,27). The predicted molar refractivity (Wildman–Crippen MR) is 102 cm³/mol. The first-order valence-electron chi connectivity index (χ1n) is 9.52. The number of likely N-dealkylation sites (tertiary alicyclic amines) is 2. The normalized spacial score (nSPS) is 18.1. The molecule has 2 aromatic rings. The van der Waals surface area contributed by atoms with Gasteiger partial charge in [0.15, 0.2) is 0 Å². The average molecular weight is 404 g/mol. The SMILES string of the molecule is NS(=O)(=O)c1ccc(-n2nc(C(=O)N3CCCC3)nc2CN2CCCC2)cc1. The van der Waals surface area contributed by atoms with Crippen molar-refractivity contribution in [3.63, 3.8) is 0 Å². The van der Waals surface area contributed by atoms with Crippen LogP contribution in [-0.4, -0.2) is 65.1 Å². The number of hydrogen-bond acceptors (Lipinski definition) is 6. The lowest BCUT2D eigenvalue weighted by molar-refractivity contribution is 0.0780. The molecule has 2 saturated heterocycles. The van der Waals surface area contributed by atoms with Crippen molar-refractivity contribution in [2.45, 2.75) is 37.1 Å². The second kappa shape index (κ2) is 7.61. The fourth-order valence-corrected chi connectivity index (χ4v) is 4.24. The van der Waals surface area contributed by atoms with Crippen molar-refractivity contribution in [2.75, 3.05) is 26.2 Å². The Morgan fingerprint density at radius 3 is 2.21 bits per heavy atom. The van der Waals surface area contributed by atoms with Crippen molar-refractivity contribution < 1.29 is 13.2 Å². The minimum atomic E-state index is -3.76. The Hall–Kier alpha value is -2.30. The largest absolute Gasteiger partial charge is 0.336 e. The number of rotatable bonds is 5. The van der Waals surface area contributed by atoms with Gasteiger partial charge in [0.1, 0.15) is 5.82 Å². The van der Waals surface area contributed by atoms with Gasteiger partial charge in [0.2, 0.25) is 15.8 Å². The summed E-state index contributed by atoms with van der Waals surface area (Å²) in [6.45, 7) is 4.05. The van der Waals surface area contributed by atoms with Gasteiger partial charge in [-0.3, -0.25) is 9.69 Å². The maximum absolute atomic E-state index is 12.7. The Balaban J connectivity index is 1.67. The van der Waals surface area contributed by atoms with Crippen molar-refractivity contribution in [1.82, 2.24) is 24.6 Å². The van der Waals surface area contributed by atoms with Crippen LogP contribution in [0.15, 0.2) is 29.2 Å². The molecule has 0 saturated carbocycles. The molecule has 28 heavy (non-hydrogen) atoms. The predicted octanol–water partition coefficient (Wildman–Crippen LogP) is 0.746. The molecule has 3 heterocycles. The van der Waals surface area contributed by atoms with Crippen molar-refractivity contribution in [3.05, 3.63) is 35.9 Å². The molecule has 0 aliphatic carbocycles. The van der Waals surface area contributed by atoms with Crippen molar-refractivity contribution in [1.29, 1.82) is 0 Å². The van der Waals surface area contributed by atoms with E-state index in [0.717, 1.165) is 51.9 Å². The van der Waals surface area contributed by atoms with E-state index in [1.165, 1.54) is 12.1 Å². The number of amides is 1. The lowest BCUT2D eigenvalue weighted by Gasteiger charge is -2.14. The number of sulfonamides is 1. The molecule has 0 atom stereocenters. The molecule has 1 aromatic carbocycles. The van der Waals surface area contributed by atoms with E-state index in [1.807, 2.05) is 0 Å². The summed E-state index contributed by atoms with van der Waals surface area (Å²) in [5.41, 5.74) is 0.648. The first-order valence-corrected chi connectivity index (χ1v) is 11.1. The molecule has 2 N–H and O–H groups in total. The molecule has 0 spiro atoms. The van der Waals surface area contributed by atoms with Crippen LogP contribution in [0.3, 0.4) is 0 Å². The Morgan fingerprint density at radius 1 is 1.00 bits per heavy atom. The highest BCUT2D eigenvalue weighted by atomic mass is 32.2. The quantitative estimate of drug-likeness (QED) is 0.786. The first kappa shape index (κ1) is 19.0. The summed E-state index contributed by atoms with van der Waals surface area (Å²) in [6, 6.07) is 6.14. The zero-order valence-corrected chi connectivity index (χ0v) is 16.4. The number of nitrogens with two attached hydrogens (primary N) is 1. The molecule has 0 unspecified atom stereocenters. The smallest absolute Gasteiger partial charge is 0.293 e. The molecule has 2 aliphatic heterocycles. The van der Waals surface area contributed by atoms with E-state index in [1.54, 1.807) is 21.7 Å². The Labute approximate surface area is 164 Å². The zero-order valence-electron chi connectivity index (χ0n) is 15.6. The molecule has 1 aromatic heterocycles. The zero-order chi connectivity index (χ0) is 19.7. The Bertz CT molecular complexity index is 958. The fourth-order valence-electron chi connectivity index (χ4n) is 3.72. The van der Waals surface area contributed by atoms with Crippen LogP contribution >= 0.6 is 0 Å². The highest BCUT2D eigenvalue weighted by Crippen LogP contribution is 2.19. The molecule has 150 valence electrons. The molecule has 10 heteroatoms. The second-order valence-electron chi connectivity index (χ2n) is 7.28. The van der Waals surface area contributed by atoms with Gasteiger partial charge < -0.3 is 4.90 Å². The van der Waals surface area contributed by atoms with Crippen LogP contribution in [0.5, 0.6) is 0 Å². The summed E-state index contributed by atoms with van der Waals surface area (Å²) in [4.78, 5) is 21.4. The maximum Gasteiger partial charge on any atom is 0.293 e. The van der Waals surface area contributed by atoms with Gasteiger partial charge in [0.05, 0.1) is 17.1 Å². The minimum absolute atomic E-state index is 0.0332. The molecular formula is C18H24N6O3S. The van der Waals surface area contributed by atoms with E-state index in [4.69, 9.17) is 5.14 Å². The molecule has 2 fully saturated rings. The summed E-state index contributed by atoms with van der Waals surface area (Å²) >= 11 is 0.